The Morgan fingerprint density at radius 3 is 1.91 bits per heavy atom. The number of hydrogen-bond acceptors (Lipinski definition) is 1. The van der Waals surface area contributed by atoms with Gasteiger partial charge in [-0.3, -0.25) is 0 Å². The summed E-state index contributed by atoms with van der Waals surface area (Å²) in [7, 11) is 0. The number of hydrogen-bond donors (Lipinski definition) is 0. The zero-order valence-electron chi connectivity index (χ0n) is 14.5. The summed E-state index contributed by atoms with van der Waals surface area (Å²) in [6.45, 7) is 5.03. The minimum Gasteiger partial charge on any atom is -0.378 e. The summed E-state index contributed by atoms with van der Waals surface area (Å²) in [6, 6.07) is 0. The molecule has 3 aliphatic rings. The van der Waals surface area contributed by atoms with Gasteiger partial charge in [-0.15, -0.1) is 6.58 Å². The van der Waals surface area contributed by atoms with Crippen molar-refractivity contribution >= 4 is 0 Å². The molecule has 0 aromatic rings. The second-order valence-corrected chi connectivity index (χ2v) is 8.28. The molecule has 3 fully saturated rings. The van der Waals surface area contributed by atoms with Crippen LogP contribution in [0.1, 0.15) is 83.5 Å². The van der Waals surface area contributed by atoms with Gasteiger partial charge in [-0.1, -0.05) is 25.3 Å². The van der Waals surface area contributed by atoms with E-state index in [2.05, 4.69) is 12.7 Å². The molecule has 0 atom stereocenters. The van der Waals surface area contributed by atoms with Crippen LogP contribution in [0, 0.1) is 23.7 Å². The van der Waals surface area contributed by atoms with Crippen LogP contribution in [-0.4, -0.2) is 12.7 Å². The lowest BCUT2D eigenvalue weighted by atomic mass is 9.70. The van der Waals surface area contributed by atoms with Crippen LogP contribution in [-0.2, 0) is 4.74 Å². The number of rotatable bonds is 5. The SMILES string of the molecule is C=CC1CCC(C2CCC(OCC3CCCCC3)CC2)CC1. The van der Waals surface area contributed by atoms with Gasteiger partial charge in [-0.2, -0.15) is 0 Å². The first-order valence-electron chi connectivity index (χ1n) is 10.1. The first-order valence-corrected chi connectivity index (χ1v) is 10.1. The molecule has 126 valence electrons. The molecule has 0 unspecified atom stereocenters. The molecule has 1 nitrogen and oxygen atoms in total. The summed E-state index contributed by atoms with van der Waals surface area (Å²) < 4.78 is 6.28. The Labute approximate surface area is 137 Å². The van der Waals surface area contributed by atoms with Crippen molar-refractivity contribution in [1.82, 2.24) is 0 Å². The lowest BCUT2D eigenvalue weighted by Gasteiger charge is -2.37. The number of ether oxygens (including phenoxy) is 1. The van der Waals surface area contributed by atoms with E-state index in [-0.39, 0.29) is 0 Å². The van der Waals surface area contributed by atoms with Crippen LogP contribution in [0.2, 0.25) is 0 Å². The average Bonchev–Trinajstić information content (AvgIpc) is 2.61. The lowest BCUT2D eigenvalue weighted by molar-refractivity contribution is -0.0142. The Bertz CT molecular complexity index is 315. The Balaban J connectivity index is 1.33. The average molecular weight is 305 g/mol. The van der Waals surface area contributed by atoms with E-state index in [4.69, 9.17) is 4.74 Å². The Morgan fingerprint density at radius 1 is 0.727 bits per heavy atom. The van der Waals surface area contributed by atoms with Gasteiger partial charge in [0, 0.05) is 6.61 Å². The number of allylic oxidation sites excluding steroid dienone is 1. The monoisotopic (exact) mass is 304 g/mol. The van der Waals surface area contributed by atoms with Crippen molar-refractivity contribution in [2.45, 2.75) is 89.6 Å². The molecule has 0 aromatic carbocycles. The van der Waals surface area contributed by atoms with Crippen molar-refractivity contribution in [2.24, 2.45) is 23.7 Å². The maximum atomic E-state index is 6.28. The normalized spacial score (nSPS) is 37.8. The fourth-order valence-corrected chi connectivity index (χ4v) is 5.20. The van der Waals surface area contributed by atoms with Crippen LogP contribution in [0.25, 0.3) is 0 Å². The van der Waals surface area contributed by atoms with Gasteiger partial charge in [-0.05, 0) is 87.9 Å². The highest BCUT2D eigenvalue weighted by atomic mass is 16.5. The first kappa shape index (κ1) is 16.6. The third kappa shape index (κ3) is 4.60. The molecule has 1 heteroatoms. The zero-order valence-corrected chi connectivity index (χ0v) is 14.5. The summed E-state index contributed by atoms with van der Waals surface area (Å²) >= 11 is 0. The third-order valence-electron chi connectivity index (χ3n) is 6.83. The largest absolute Gasteiger partial charge is 0.378 e. The Morgan fingerprint density at radius 2 is 1.32 bits per heavy atom. The summed E-state index contributed by atoms with van der Waals surface area (Å²) in [6.07, 6.45) is 21.2. The van der Waals surface area contributed by atoms with E-state index in [1.807, 2.05) is 0 Å². The molecule has 0 amide bonds. The molecule has 0 aromatic heterocycles. The standard InChI is InChI=1S/C21H36O/c1-2-17-8-10-19(11-9-17)20-12-14-21(15-13-20)22-16-18-6-4-3-5-7-18/h2,17-21H,1,3-16H2. The maximum absolute atomic E-state index is 6.28. The summed E-state index contributed by atoms with van der Waals surface area (Å²) in [5.74, 6) is 3.70. The van der Waals surface area contributed by atoms with Gasteiger partial charge < -0.3 is 4.74 Å². The van der Waals surface area contributed by atoms with Gasteiger partial charge >= 0.3 is 0 Å². The van der Waals surface area contributed by atoms with Crippen LogP contribution in [0.3, 0.4) is 0 Å². The van der Waals surface area contributed by atoms with Gasteiger partial charge in [0.05, 0.1) is 6.10 Å². The predicted molar refractivity (Wildman–Crippen MR) is 93.9 cm³/mol. The van der Waals surface area contributed by atoms with Gasteiger partial charge in [-0.25, -0.2) is 0 Å². The second kappa shape index (κ2) is 8.52. The molecule has 0 heterocycles. The van der Waals surface area contributed by atoms with Gasteiger partial charge in [0.2, 0.25) is 0 Å². The fourth-order valence-electron chi connectivity index (χ4n) is 5.20. The van der Waals surface area contributed by atoms with Crippen LogP contribution in [0.5, 0.6) is 0 Å². The van der Waals surface area contributed by atoms with Crippen LogP contribution in [0.4, 0.5) is 0 Å². The lowest BCUT2D eigenvalue weighted by Crippen LogP contribution is -2.29. The molecule has 0 N–H and O–H groups in total. The van der Waals surface area contributed by atoms with E-state index in [0.29, 0.717) is 6.10 Å². The Kier molecular flexibility index (Phi) is 6.41. The van der Waals surface area contributed by atoms with Crippen molar-refractivity contribution < 1.29 is 4.74 Å². The van der Waals surface area contributed by atoms with E-state index in [1.54, 1.807) is 0 Å². The van der Waals surface area contributed by atoms with Crippen molar-refractivity contribution in [3.8, 4) is 0 Å². The van der Waals surface area contributed by atoms with Crippen LogP contribution in [0.15, 0.2) is 12.7 Å². The van der Waals surface area contributed by atoms with E-state index < -0.39 is 0 Å². The van der Waals surface area contributed by atoms with Crippen molar-refractivity contribution in [3.63, 3.8) is 0 Å². The molecule has 3 rings (SSSR count). The van der Waals surface area contributed by atoms with Crippen molar-refractivity contribution in [1.29, 1.82) is 0 Å². The van der Waals surface area contributed by atoms with Crippen LogP contribution < -0.4 is 0 Å². The molecule has 22 heavy (non-hydrogen) atoms. The second-order valence-electron chi connectivity index (χ2n) is 8.28. The van der Waals surface area contributed by atoms with Crippen molar-refractivity contribution in [3.05, 3.63) is 12.7 Å². The smallest absolute Gasteiger partial charge is 0.0575 e. The van der Waals surface area contributed by atoms with Gasteiger partial charge in [0.25, 0.3) is 0 Å². The molecule has 0 radical (unpaired) electrons. The summed E-state index contributed by atoms with van der Waals surface area (Å²) in [4.78, 5) is 0. The summed E-state index contributed by atoms with van der Waals surface area (Å²) in [5.41, 5.74) is 0. The van der Waals surface area contributed by atoms with E-state index >= 15 is 0 Å². The van der Waals surface area contributed by atoms with Crippen molar-refractivity contribution in [2.75, 3.05) is 6.61 Å². The highest BCUT2D eigenvalue weighted by molar-refractivity contribution is 4.87. The maximum Gasteiger partial charge on any atom is 0.0575 e. The minimum absolute atomic E-state index is 0.586. The van der Waals surface area contributed by atoms with E-state index in [1.165, 1.54) is 83.5 Å². The highest BCUT2D eigenvalue weighted by Crippen LogP contribution is 2.40. The quantitative estimate of drug-likeness (QED) is 0.555. The molecule has 0 saturated heterocycles. The molecule has 3 aliphatic carbocycles. The van der Waals surface area contributed by atoms with Gasteiger partial charge in [0.15, 0.2) is 0 Å². The zero-order chi connectivity index (χ0) is 15.2. The van der Waals surface area contributed by atoms with Crippen LogP contribution >= 0.6 is 0 Å². The highest BCUT2D eigenvalue weighted by Gasteiger charge is 2.30. The molecular weight excluding hydrogens is 268 g/mol. The molecule has 3 saturated carbocycles. The molecule has 0 aliphatic heterocycles. The minimum atomic E-state index is 0.586. The molecule has 0 bridgehead atoms. The summed E-state index contributed by atoms with van der Waals surface area (Å²) in [5, 5.41) is 0. The third-order valence-corrected chi connectivity index (χ3v) is 6.83. The molecule has 0 spiro atoms. The predicted octanol–water partition coefficient (Wildman–Crippen LogP) is 6.13. The van der Waals surface area contributed by atoms with E-state index in [9.17, 15) is 0 Å². The Hall–Kier alpha value is -0.300. The van der Waals surface area contributed by atoms with E-state index in [0.717, 1.165) is 30.3 Å². The van der Waals surface area contributed by atoms with Gasteiger partial charge in [0.1, 0.15) is 0 Å². The fraction of sp³-hybridized carbons (Fsp3) is 0.905. The topological polar surface area (TPSA) is 9.23 Å². The first-order chi connectivity index (χ1) is 10.8. The molecular formula is C21H36O.